The standard InChI is InChI=1S/C17H18O3/c1-3-17(12(2)18,13-8-4-6-10-15(13)19)14-9-5-7-11-16(14)20/h4-11,19-20H,3H2,1-2H3. The number of hydrogen-bond acceptors (Lipinski definition) is 3. The maximum absolute atomic E-state index is 12.4. The highest BCUT2D eigenvalue weighted by atomic mass is 16.3. The number of carbonyl (C=O) groups is 1. The predicted octanol–water partition coefficient (Wildman–Crippen LogP) is 3.38. The van der Waals surface area contributed by atoms with Crippen LogP contribution in [0.3, 0.4) is 0 Å². The zero-order valence-electron chi connectivity index (χ0n) is 11.6. The van der Waals surface area contributed by atoms with Crippen molar-refractivity contribution in [1.82, 2.24) is 0 Å². The van der Waals surface area contributed by atoms with E-state index in [1.165, 1.54) is 6.92 Å². The number of Topliss-reactive ketones (excluding diaryl/α,β-unsaturated/α-hetero) is 1. The molecule has 0 saturated heterocycles. The highest BCUT2D eigenvalue weighted by Crippen LogP contribution is 2.44. The van der Waals surface area contributed by atoms with E-state index >= 15 is 0 Å². The van der Waals surface area contributed by atoms with Gasteiger partial charge in [0.1, 0.15) is 17.3 Å². The average molecular weight is 270 g/mol. The molecule has 0 atom stereocenters. The molecule has 0 bridgehead atoms. The highest BCUT2D eigenvalue weighted by Gasteiger charge is 2.41. The van der Waals surface area contributed by atoms with Crippen molar-refractivity contribution in [2.75, 3.05) is 0 Å². The number of hydrogen-bond donors (Lipinski definition) is 2. The van der Waals surface area contributed by atoms with Crippen molar-refractivity contribution in [3.63, 3.8) is 0 Å². The van der Waals surface area contributed by atoms with Crippen molar-refractivity contribution in [3.8, 4) is 11.5 Å². The summed E-state index contributed by atoms with van der Waals surface area (Å²) in [6.45, 7) is 3.36. The molecule has 2 aromatic rings. The number of rotatable bonds is 4. The molecule has 104 valence electrons. The van der Waals surface area contributed by atoms with E-state index < -0.39 is 5.41 Å². The molecule has 0 saturated carbocycles. The lowest BCUT2D eigenvalue weighted by Crippen LogP contribution is -2.35. The third kappa shape index (κ3) is 2.05. The SMILES string of the molecule is CCC(C(C)=O)(c1ccccc1O)c1ccccc1O. The van der Waals surface area contributed by atoms with E-state index in [1.54, 1.807) is 48.5 Å². The van der Waals surface area contributed by atoms with Gasteiger partial charge in [-0.25, -0.2) is 0 Å². The van der Waals surface area contributed by atoms with Gasteiger partial charge in [-0.1, -0.05) is 43.3 Å². The molecule has 2 rings (SSSR count). The monoisotopic (exact) mass is 270 g/mol. The first kappa shape index (κ1) is 14.1. The smallest absolute Gasteiger partial charge is 0.145 e. The van der Waals surface area contributed by atoms with E-state index in [2.05, 4.69) is 0 Å². The molecule has 0 aliphatic rings. The second-order valence-corrected chi connectivity index (χ2v) is 4.85. The van der Waals surface area contributed by atoms with Gasteiger partial charge in [0.05, 0.1) is 5.41 Å². The summed E-state index contributed by atoms with van der Waals surface area (Å²) in [5.41, 5.74) is 0.0180. The van der Waals surface area contributed by atoms with E-state index in [0.717, 1.165) is 0 Å². The lowest BCUT2D eigenvalue weighted by atomic mass is 9.69. The summed E-state index contributed by atoms with van der Waals surface area (Å²) in [7, 11) is 0. The maximum atomic E-state index is 12.4. The predicted molar refractivity (Wildman–Crippen MR) is 78.0 cm³/mol. The Hall–Kier alpha value is -2.29. The number of para-hydroxylation sites is 2. The van der Waals surface area contributed by atoms with Crippen molar-refractivity contribution in [2.24, 2.45) is 0 Å². The van der Waals surface area contributed by atoms with Crippen molar-refractivity contribution < 1.29 is 15.0 Å². The zero-order chi connectivity index (χ0) is 14.8. The molecule has 0 heterocycles. The van der Waals surface area contributed by atoms with E-state index in [9.17, 15) is 15.0 Å². The van der Waals surface area contributed by atoms with Gasteiger partial charge >= 0.3 is 0 Å². The van der Waals surface area contributed by atoms with Crippen LogP contribution in [-0.4, -0.2) is 16.0 Å². The van der Waals surface area contributed by atoms with Crippen LogP contribution < -0.4 is 0 Å². The normalized spacial score (nSPS) is 11.3. The Morgan fingerprint density at radius 2 is 1.35 bits per heavy atom. The fourth-order valence-electron chi connectivity index (χ4n) is 2.82. The average Bonchev–Trinajstić information content (AvgIpc) is 2.43. The van der Waals surface area contributed by atoms with Gasteiger partial charge in [-0.2, -0.15) is 0 Å². The molecule has 0 aliphatic carbocycles. The fourth-order valence-corrected chi connectivity index (χ4v) is 2.82. The molecule has 0 radical (unpaired) electrons. The van der Waals surface area contributed by atoms with E-state index in [4.69, 9.17) is 0 Å². The minimum absolute atomic E-state index is 0.0628. The van der Waals surface area contributed by atoms with Gasteiger partial charge in [0.15, 0.2) is 0 Å². The van der Waals surface area contributed by atoms with Crippen LogP contribution in [0.25, 0.3) is 0 Å². The van der Waals surface area contributed by atoms with Gasteiger partial charge in [0.2, 0.25) is 0 Å². The van der Waals surface area contributed by atoms with Crippen molar-refractivity contribution in [1.29, 1.82) is 0 Å². The Kier molecular flexibility index (Phi) is 3.79. The summed E-state index contributed by atoms with van der Waals surface area (Å²) in [6.07, 6.45) is 0.456. The molecular formula is C17H18O3. The Balaban J connectivity index is 2.80. The summed E-state index contributed by atoms with van der Waals surface area (Å²) in [4.78, 5) is 12.4. The molecule has 0 fully saturated rings. The topological polar surface area (TPSA) is 57.5 Å². The van der Waals surface area contributed by atoms with Crippen molar-refractivity contribution in [2.45, 2.75) is 25.7 Å². The first-order valence-electron chi connectivity index (χ1n) is 6.62. The Bertz CT molecular complexity index is 586. The molecule has 0 amide bonds. The van der Waals surface area contributed by atoms with Crippen LogP contribution in [-0.2, 0) is 10.2 Å². The molecule has 0 aromatic heterocycles. The zero-order valence-corrected chi connectivity index (χ0v) is 11.6. The minimum atomic E-state index is -1.03. The molecule has 20 heavy (non-hydrogen) atoms. The molecular weight excluding hydrogens is 252 g/mol. The van der Waals surface area contributed by atoms with Crippen LogP contribution in [0.4, 0.5) is 0 Å². The Morgan fingerprint density at radius 1 is 0.950 bits per heavy atom. The number of aromatic hydroxyl groups is 2. The largest absolute Gasteiger partial charge is 0.508 e. The van der Waals surface area contributed by atoms with Crippen LogP contribution in [0.2, 0.25) is 0 Å². The second-order valence-electron chi connectivity index (χ2n) is 4.85. The molecule has 3 nitrogen and oxygen atoms in total. The second kappa shape index (κ2) is 5.37. The van der Waals surface area contributed by atoms with Gasteiger partial charge in [-0.15, -0.1) is 0 Å². The Morgan fingerprint density at radius 3 is 1.65 bits per heavy atom. The van der Waals surface area contributed by atoms with Crippen LogP contribution in [0.15, 0.2) is 48.5 Å². The molecule has 0 aliphatic heterocycles. The van der Waals surface area contributed by atoms with E-state index in [1.807, 2.05) is 6.92 Å². The lowest BCUT2D eigenvalue weighted by Gasteiger charge is -2.32. The first-order valence-corrected chi connectivity index (χ1v) is 6.62. The number of ketones is 1. The maximum Gasteiger partial charge on any atom is 0.145 e. The summed E-state index contributed by atoms with van der Waals surface area (Å²) in [5, 5.41) is 20.3. The van der Waals surface area contributed by atoms with Crippen molar-refractivity contribution >= 4 is 5.78 Å². The number of benzene rings is 2. The summed E-state index contributed by atoms with van der Waals surface area (Å²) < 4.78 is 0. The number of carbonyl (C=O) groups excluding carboxylic acids is 1. The molecule has 2 aromatic carbocycles. The number of phenolic OH excluding ortho intramolecular Hbond substituents is 2. The minimum Gasteiger partial charge on any atom is -0.508 e. The summed E-state index contributed by atoms with van der Waals surface area (Å²) >= 11 is 0. The van der Waals surface area contributed by atoms with Crippen LogP contribution in [0.5, 0.6) is 11.5 Å². The van der Waals surface area contributed by atoms with Gasteiger partial charge in [-0.05, 0) is 25.5 Å². The van der Waals surface area contributed by atoms with Gasteiger partial charge in [-0.3, -0.25) is 4.79 Å². The number of phenols is 2. The van der Waals surface area contributed by atoms with E-state index in [0.29, 0.717) is 17.5 Å². The Labute approximate surface area is 118 Å². The molecule has 0 unspecified atom stereocenters. The first-order chi connectivity index (χ1) is 9.54. The quantitative estimate of drug-likeness (QED) is 0.895. The van der Waals surface area contributed by atoms with Crippen LogP contribution in [0.1, 0.15) is 31.4 Å². The molecule has 2 N–H and O–H groups in total. The summed E-state index contributed by atoms with van der Waals surface area (Å²) in [5.74, 6) is 0.0172. The van der Waals surface area contributed by atoms with E-state index in [-0.39, 0.29) is 17.3 Å². The van der Waals surface area contributed by atoms with Crippen LogP contribution in [0, 0.1) is 0 Å². The van der Waals surface area contributed by atoms with Crippen molar-refractivity contribution in [3.05, 3.63) is 59.7 Å². The highest BCUT2D eigenvalue weighted by molar-refractivity contribution is 5.93. The van der Waals surface area contributed by atoms with Gasteiger partial charge < -0.3 is 10.2 Å². The molecule has 3 heteroatoms. The van der Waals surface area contributed by atoms with Crippen LogP contribution >= 0.6 is 0 Å². The third-order valence-corrected chi connectivity index (χ3v) is 3.86. The molecule has 0 spiro atoms. The lowest BCUT2D eigenvalue weighted by molar-refractivity contribution is -0.121. The van der Waals surface area contributed by atoms with Gasteiger partial charge in [0.25, 0.3) is 0 Å². The third-order valence-electron chi connectivity index (χ3n) is 3.86. The fraction of sp³-hybridized carbons (Fsp3) is 0.235. The van der Waals surface area contributed by atoms with Gasteiger partial charge in [0, 0.05) is 11.1 Å². The summed E-state index contributed by atoms with van der Waals surface area (Å²) in [6, 6.07) is 13.6.